The van der Waals surface area contributed by atoms with Crippen molar-refractivity contribution >= 4 is 43.5 Å². The van der Waals surface area contributed by atoms with E-state index >= 15 is 0 Å². The molecule has 0 aliphatic rings. The molecule has 0 aromatic rings. The van der Waals surface area contributed by atoms with Crippen LogP contribution in [0, 0.1) is 0 Å². The van der Waals surface area contributed by atoms with Gasteiger partial charge in [-0.05, 0) is 13.3 Å². The first kappa shape index (κ1) is 15.2. The number of rotatable bonds is 6. The Morgan fingerprint density at radius 3 is 2.29 bits per heavy atom. The number of unbranched alkanes of at least 4 members (excludes halogenated alkanes) is 1. The smallest absolute Gasteiger partial charge is 0.114 e. The van der Waals surface area contributed by atoms with Crippen molar-refractivity contribution in [1.82, 2.24) is 0 Å². The van der Waals surface area contributed by atoms with Crippen LogP contribution in [-0.4, -0.2) is 40.3 Å². The quantitative estimate of drug-likeness (QED) is 0.502. The normalized spacial score (nSPS) is 19.1. The van der Waals surface area contributed by atoms with Crippen LogP contribution in [0.2, 0.25) is 0 Å². The van der Waals surface area contributed by atoms with Gasteiger partial charge in [0.1, 0.15) is 3.78 Å². The van der Waals surface area contributed by atoms with Crippen LogP contribution in [0.1, 0.15) is 26.7 Å². The lowest BCUT2D eigenvalue weighted by atomic mass is 10.2. The standard InChI is InChI=1S/C10H21Br2ClN/c1-5-6-7-14(3,4)8-9(11)10(2,12)13/h9H,5-8H2,1-4H3/q+1. The van der Waals surface area contributed by atoms with Crippen LogP contribution in [0.5, 0.6) is 0 Å². The molecule has 4 heteroatoms. The zero-order chi connectivity index (χ0) is 11.4. The van der Waals surface area contributed by atoms with Gasteiger partial charge in [-0.25, -0.2) is 0 Å². The maximum atomic E-state index is 6.18. The van der Waals surface area contributed by atoms with Crippen LogP contribution in [0.3, 0.4) is 0 Å². The Hall–Kier alpha value is 1.21. The fourth-order valence-corrected chi connectivity index (χ4v) is 2.27. The van der Waals surface area contributed by atoms with Gasteiger partial charge in [0, 0.05) is 0 Å². The largest absolute Gasteiger partial charge is 0.327 e. The predicted molar refractivity (Wildman–Crippen MR) is 72.7 cm³/mol. The van der Waals surface area contributed by atoms with Gasteiger partial charge in [0.05, 0.1) is 32.0 Å². The highest BCUT2D eigenvalue weighted by Crippen LogP contribution is 2.33. The molecule has 0 aliphatic heterocycles. The lowest BCUT2D eigenvalue weighted by Crippen LogP contribution is -2.47. The first-order valence-corrected chi connectivity index (χ1v) is 7.11. The van der Waals surface area contributed by atoms with E-state index in [1.165, 1.54) is 19.4 Å². The Labute approximate surface area is 110 Å². The molecule has 0 spiro atoms. The lowest BCUT2D eigenvalue weighted by Gasteiger charge is -2.34. The number of quaternary nitrogens is 1. The first-order valence-electron chi connectivity index (χ1n) is 5.03. The van der Waals surface area contributed by atoms with E-state index in [2.05, 4.69) is 52.9 Å². The third-order valence-electron chi connectivity index (χ3n) is 2.32. The third-order valence-corrected chi connectivity index (χ3v) is 5.22. The van der Waals surface area contributed by atoms with E-state index < -0.39 is 0 Å². The molecule has 0 amide bonds. The van der Waals surface area contributed by atoms with Crippen LogP contribution in [-0.2, 0) is 0 Å². The van der Waals surface area contributed by atoms with E-state index in [0.717, 1.165) is 11.0 Å². The molecule has 0 aromatic heterocycles. The van der Waals surface area contributed by atoms with E-state index in [1.807, 2.05) is 6.92 Å². The third kappa shape index (κ3) is 6.65. The summed E-state index contributed by atoms with van der Waals surface area (Å²) in [6.07, 6.45) is 2.52. The van der Waals surface area contributed by atoms with Crippen molar-refractivity contribution in [2.75, 3.05) is 27.2 Å². The Kier molecular flexibility index (Phi) is 6.60. The molecule has 0 bridgehead atoms. The summed E-state index contributed by atoms with van der Waals surface area (Å²) in [4.78, 5) is 0.281. The van der Waals surface area contributed by atoms with Crippen molar-refractivity contribution in [2.24, 2.45) is 0 Å². The van der Waals surface area contributed by atoms with Gasteiger partial charge in [-0.15, -0.1) is 11.6 Å². The zero-order valence-electron chi connectivity index (χ0n) is 9.49. The van der Waals surface area contributed by atoms with Crippen LogP contribution in [0.15, 0.2) is 0 Å². The SMILES string of the molecule is CCCC[N+](C)(C)CC(Br)C(C)(Cl)Br. The molecule has 0 heterocycles. The molecule has 0 aromatic carbocycles. The van der Waals surface area contributed by atoms with Gasteiger partial charge in [-0.3, -0.25) is 0 Å². The summed E-state index contributed by atoms with van der Waals surface area (Å²) in [5.74, 6) is 0. The molecule has 0 aliphatic carbocycles. The van der Waals surface area contributed by atoms with Crippen LogP contribution in [0.25, 0.3) is 0 Å². The number of hydrogen-bond acceptors (Lipinski definition) is 0. The minimum Gasteiger partial charge on any atom is -0.327 e. The van der Waals surface area contributed by atoms with Crippen molar-refractivity contribution in [3.05, 3.63) is 0 Å². The fraction of sp³-hybridized carbons (Fsp3) is 1.00. The second-order valence-corrected chi connectivity index (χ2v) is 8.61. The Balaban J connectivity index is 4.08. The summed E-state index contributed by atoms with van der Waals surface area (Å²) in [6, 6.07) is 0. The molecule has 0 rings (SSSR count). The van der Waals surface area contributed by atoms with Crippen molar-refractivity contribution in [3.63, 3.8) is 0 Å². The zero-order valence-corrected chi connectivity index (χ0v) is 13.4. The predicted octanol–water partition coefficient (Wildman–Crippen LogP) is 3.98. The monoisotopic (exact) mass is 348 g/mol. The van der Waals surface area contributed by atoms with Gasteiger partial charge < -0.3 is 4.48 Å². The molecule has 1 nitrogen and oxygen atoms in total. The van der Waals surface area contributed by atoms with Gasteiger partial charge in [0.25, 0.3) is 0 Å². The number of hydrogen-bond donors (Lipinski definition) is 0. The molecule has 0 radical (unpaired) electrons. The number of halogens is 3. The maximum Gasteiger partial charge on any atom is 0.114 e. The first-order chi connectivity index (χ1) is 6.19. The van der Waals surface area contributed by atoms with Gasteiger partial charge in [0.2, 0.25) is 0 Å². The van der Waals surface area contributed by atoms with Crippen LogP contribution >= 0.6 is 43.5 Å². The molecule has 86 valence electrons. The van der Waals surface area contributed by atoms with Gasteiger partial charge >= 0.3 is 0 Å². The second kappa shape index (κ2) is 6.07. The van der Waals surface area contributed by atoms with Crippen LogP contribution in [0.4, 0.5) is 0 Å². The molecule has 0 saturated heterocycles. The Morgan fingerprint density at radius 2 is 1.93 bits per heavy atom. The summed E-state index contributed by atoms with van der Waals surface area (Å²) in [5.41, 5.74) is 0. The average Bonchev–Trinajstić information content (AvgIpc) is 1.98. The van der Waals surface area contributed by atoms with Gasteiger partial charge in [0.15, 0.2) is 0 Å². The minimum atomic E-state index is -0.352. The Morgan fingerprint density at radius 1 is 1.43 bits per heavy atom. The summed E-state index contributed by atoms with van der Waals surface area (Å²) in [6.45, 7) is 6.44. The molecule has 2 atom stereocenters. The van der Waals surface area contributed by atoms with Gasteiger partial charge in [-0.2, -0.15) is 0 Å². The summed E-state index contributed by atoms with van der Waals surface area (Å²) < 4.78 is 0.659. The highest BCUT2D eigenvalue weighted by Gasteiger charge is 2.32. The van der Waals surface area contributed by atoms with Crippen molar-refractivity contribution in [3.8, 4) is 0 Å². The molecular formula is C10H21Br2ClN+. The number of nitrogens with zero attached hydrogens (tertiary/aromatic N) is 1. The number of alkyl halides is 3. The summed E-state index contributed by atoms with van der Waals surface area (Å²) >= 11 is 13.3. The fourth-order valence-electron chi connectivity index (χ4n) is 1.27. The van der Waals surface area contributed by atoms with Gasteiger partial charge in [-0.1, -0.05) is 45.2 Å². The highest BCUT2D eigenvalue weighted by molar-refractivity contribution is 9.13. The molecular weight excluding hydrogens is 329 g/mol. The van der Waals surface area contributed by atoms with Crippen molar-refractivity contribution in [2.45, 2.75) is 35.3 Å². The average molecular weight is 351 g/mol. The van der Waals surface area contributed by atoms with E-state index in [1.54, 1.807) is 0 Å². The molecule has 0 fully saturated rings. The second-order valence-electron chi connectivity index (χ2n) is 4.62. The van der Waals surface area contributed by atoms with Crippen LogP contribution < -0.4 is 0 Å². The maximum absolute atomic E-state index is 6.18. The van der Waals surface area contributed by atoms with E-state index in [-0.39, 0.29) is 8.61 Å². The molecule has 2 unspecified atom stereocenters. The highest BCUT2D eigenvalue weighted by atomic mass is 79.9. The molecule has 14 heavy (non-hydrogen) atoms. The van der Waals surface area contributed by atoms with Crippen molar-refractivity contribution < 1.29 is 4.48 Å². The van der Waals surface area contributed by atoms with Crippen molar-refractivity contribution in [1.29, 1.82) is 0 Å². The lowest BCUT2D eigenvalue weighted by molar-refractivity contribution is -0.889. The van der Waals surface area contributed by atoms with E-state index in [9.17, 15) is 0 Å². The van der Waals surface area contributed by atoms with E-state index in [4.69, 9.17) is 11.6 Å². The topological polar surface area (TPSA) is 0 Å². The summed E-state index contributed by atoms with van der Waals surface area (Å²) in [5, 5.41) is 0. The van der Waals surface area contributed by atoms with E-state index in [0.29, 0.717) is 0 Å². The molecule has 0 saturated carbocycles. The molecule has 0 N–H and O–H groups in total. The minimum absolute atomic E-state index is 0.281. The Bertz CT molecular complexity index is 166. The summed E-state index contributed by atoms with van der Waals surface area (Å²) in [7, 11) is 4.50.